The lowest BCUT2D eigenvalue weighted by Crippen LogP contribution is -2.47. The molecule has 1 heterocycles. The molecule has 1 saturated heterocycles. The molecule has 1 aliphatic heterocycles. The van der Waals surface area contributed by atoms with Crippen LogP contribution >= 0.6 is 0 Å². The van der Waals surface area contributed by atoms with Crippen LogP contribution in [0.25, 0.3) is 0 Å². The van der Waals surface area contributed by atoms with Crippen molar-refractivity contribution in [1.29, 1.82) is 0 Å². The van der Waals surface area contributed by atoms with Crippen molar-refractivity contribution in [3.63, 3.8) is 0 Å². The molecule has 0 amide bonds. The van der Waals surface area contributed by atoms with E-state index in [0.29, 0.717) is 19.3 Å². The van der Waals surface area contributed by atoms with E-state index in [1.807, 2.05) is 6.92 Å². The van der Waals surface area contributed by atoms with Crippen LogP contribution in [0.4, 0.5) is 8.78 Å². The number of hydrogen-bond donors (Lipinski definition) is 1. The van der Waals surface area contributed by atoms with Crippen LogP contribution in [-0.4, -0.2) is 52.2 Å². The Balaban J connectivity index is 2.00. The zero-order valence-electron chi connectivity index (χ0n) is 11.7. The number of benzene rings is 1. The van der Waals surface area contributed by atoms with Gasteiger partial charge in [-0.05, 0) is 19.1 Å². The SMILES string of the molecule is C[C@H](CNS(=O)(=O)c1cc(F)cc(F)c1)N1CCOCC1. The van der Waals surface area contributed by atoms with Crippen molar-refractivity contribution in [2.24, 2.45) is 0 Å². The Kier molecular flexibility index (Phi) is 5.26. The topological polar surface area (TPSA) is 58.6 Å². The average Bonchev–Trinajstić information content (AvgIpc) is 2.45. The monoisotopic (exact) mass is 320 g/mol. The van der Waals surface area contributed by atoms with Gasteiger partial charge in [0.2, 0.25) is 10.0 Å². The van der Waals surface area contributed by atoms with Crippen molar-refractivity contribution < 1.29 is 21.9 Å². The summed E-state index contributed by atoms with van der Waals surface area (Å²) >= 11 is 0. The Morgan fingerprint density at radius 1 is 1.24 bits per heavy atom. The number of hydrogen-bond acceptors (Lipinski definition) is 4. The van der Waals surface area contributed by atoms with Crippen LogP contribution in [0.3, 0.4) is 0 Å². The molecular formula is C13H18F2N2O3S. The Morgan fingerprint density at radius 3 is 2.38 bits per heavy atom. The first-order chi connectivity index (χ1) is 9.88. The summed E-state index contributed by atoms with van der Waals surface area (Å²) in [5, 5.41) is 0. The molecule has 2 rings (SSSR count). The van der Waals surface area contributed by atoms with E-state index in [1.165, 1.54) is 0 Å². The number of halogens is 2. The number of morpholine rings is 1. The van der Waals surface area contributed by atoms with Gasteiger partial charge in [0.05, 0.1) is 18.1 Å². The Labute approximate surface area is 122 Å². The third-order valence-corrected chi connectivity index (χ3v) is 4.79. The predicted molar refractivity (Wildman–Crippen MR) is 73.4 cm³/mol. The fourth-order valence-corrected chi connectivity index (χ4v) is 3.31. The van der Waals surface area contributed by atoms with E-state index in [1.54, 1.807) is 0 Å². The molecule has 1 aliphatic rings. The molecule has 118 valence electrons. The van der Waals surface area contributed by atoms with E-state index in [2.05, 4.69) is 9.62 Å². The van der Waals surface area contributed by atoms with Crippen LogP contribution in [0.1, 0.15) is 6.92 Å². The van der Waals surface area contributed by atoms with Crippen LogP contribution < -0.4 is 4.72 Å². The first-order valence-electron chi connectivity index (χ1n) is 6.66. The first kappa shape index (κ1) is 16.3. The largest absolute Gasteiger partial charge is 0.379 e. The molecule has 0 aliphatic carbocycles. The zero-order chi connectivity index (χ0) is 15.5. The predicted octanol–water partition coefficient (Wildman–Crippen LogP) is 0.964. The van der Waals surface area contributed by atoms with Crippen molar-refractivity contribution in [2.75, 3.05) is 32.8 Å². The van der Waals surface area contributed by atoms with Crippen LogP contribution in [0.2, 0.25) is 0 Å². The summed E-state index contributed by atoms with van der Waals surface area (Å²) in [4.78, 5) is 1.69. The fourth-order valence-electron chi connectivity index (χ4n) is 2.14. The molecule has 5 nitrogen and oxygen atoms in total. The third-order valence-electron chi connectivity index (χ3n) is 3.38. The van der Waals surface area contributed by atoms with Gasteiger partial charge in [-0.1, -0.05) is 0 Å². The van der Waals surface area contributed by atoms with Gasteiger partial charge in [-0.25, -0.2) is 21.9 Å². The van der Waals surface area contributed by atoms with Crippen molar-refractivity contribution >= 4 is 10.0 Å². The molecule has 0 bridgehead atoms. The normalized spacial score (nSPS) is 18.6. The molecule has 1 aromatic carbocycles. The highest BCUT2D eigenvalue weighted by molar-refractivity contribution is 7.89. The fraction of sp³-hybridized carbons (Fsp3) is 0.538. The molecule has 0 saturated carbocycles. The summed E-state index contributed by atoms with van der Waals surface area (Å²) in [6, 6.07) is 2.20. The molecule has 21 heavy (non-hydrogen) atoms. The summed E-state index contributed by atoms with van der Waals surface area (Å²) in [5.74, 6) is -1.84. The highest BCUT2D eigenvalue weighted by Crippen LogP contribution is 2.13. The Bertz CT molecular complexity index is 569. The maximum atomic E-state index is 13.1. The number of sulfonamides is 1. The van der Waals surface area contributed by atoms with Gasteiger partial charge in [-0.2, -0.15) is 0 Å². The lowest BCUT2D eigenvalue weighted by Gasteiger charge is -2.32. The molecular weight excluding hydrogens is 302 g/mol. The molecule has 1 fully saturated rings. The smallest absolute Gasteiger partial charge is 0.240 e. The zero-order valence-corrected chi connectivity index (χ0v) is 12.5. The highest BCUT2D eigenvalue weighted by atomic mass is 32.2. The Morgan fingerprint density at radius 2 is 1.81 bits per heavy atom. The number of nitrogens with one attached hydrogen (secondary N) is 1. The summed E-state index contributed by atoms with van der Waals surface area (Å²) < 4.78 is 57.9. The van der Waals surface area contributed by atoms with Crippen molar-refractivity contribution in [2.45, 2.75) is 17.9 Å². The van der Waals surface area contributed by atoms with Crippen molar-refractivity contribution in [3.05, 3.63) is 29.8 Å². The number of nitrogens with zero attached hydrogens (tertiary/aromatic N) is 1. The van der Waals surface area contributed by atoms with Gasteiger partial charge in [0.15, 0.2) is 0 Å². The minimum absolute atomic E-state index is 0.0259. The third kappa shape index (κ3) is 4.44. The van der Waals surface area contributed by atoms with Gasteiger partial charge in [0, 0.05) is 31.7 Å². The van der Waals surface area contributed by atoms with Crippen LogP contribution in [0.15, 0.2) is 23.1 Å². The summed E-state index contributed by atoms with van der Waals surface area (Å²) in [6.07, 6.45) is 0. The lowest BCUT2D eigenvalue weighted by molar-refractivity contribution is 0.0213. The number of ether oxygens (including phenoxy) is 1. The average molecular weight is 320 g/mol. The minimum Gasteiger partial charge on any atom is -0.379 e. The summed E-state index contributed by atoms with van der Waals surface area (Å²) in [5.41, 5.74) is 0. The molecule has 0 aromatic heterocycles. The van der Waals surface area contributed by atoms with E-state index in [0.717, 1.165) is 25.2 Å². The van der Waals surface area contributed by atoms with Crippen molar-refractivity contribution in [1.82, 2.24) is 9.62 Å². The molecule has 0 unspecified atom stereocenters. The van der Waals surface area contributed by atoms with Crippen LogP contribution in [0, 0.1) is 11.6 Å². The molecule has 0 spiro atoms. The second-order valence-corrected chi connectivity index (χ2v) is 6.72. The minimum atomic E-state index is -3.93. The van der Waals surface area contributed by atoms with E-state index in [-0.39, 0.29) is 12.6 Å². The van der Waals surface area contributed by atoms with Gasteiger partial charge in [0.25, 0.3) is 0 Å². The second kappa shape index (κ2) is 6.78. The van der Waals surface area contributed by atoms with Crippen LogP contribution in [0.5, 0.6) is 0 Å². The summed E-state index contributed by atoms with van der Waals surface area (Å²) in [7, 11) is -3.93. The highest BCUT2D eigenvalue weighted by Gasteiger charge is 2.21. The van der Waals surface area contributed by atoms with E-state index in [4.69, 9.17) is 4.74 Å². The standard InChI is InChI=1S/C13H18F2N2O3S/c1-10(17-2-4-20-5-3-17)9-16-21(18,19)13-7-11(14)6-12(15)8-13/h6-8,10,16H,2-5,9H2,1H3/t10-/m1/s1. The molecule has 1 atom stereocenters. The molecule has 1 N–H and O–H groups in total. The van der Waals surface area contributed by atoms with Gasteiger partial charge in [-0.3, -0.25) is 4.90 Å². The van der Waals surface area contributed by atoms with Crippen LogP contribution in [-0.2, 0) is 14.8 Å². The lowest BCUT2D eigenvalue weighted by atomic mass is 10.2. The molecule has 0 radical (unpaired) electrons. The van der Waals surface area contributed by atoms with Gasteiger partial charge >= 0.3 is 0 Å². The molecule has 8 heteroatoms. The Hall–Kier alpha value is -1.09. The number of rotatable bonds is 5. The van der Waals surface area contributed by atoms with E-state index < -0.39 is 26.6 Å². The van der Waals surface area contributed by atoms with E-state index in [9.17, 15) is 17.2 Å². The van der Waals surface area contributed by atoms with Gasteiger partial charge in [0.1, 0.15) is 11.6 Å². The second-order valence-electron chi connectivity index (χ2n) is 4.95. The maximum absolute atomic E-state index is 13.1. The van der Waals surface area contributed by atoms with E-state index >= 15 is 0 Å². The quantitative estimate of drug-likeness (QED) is 0.878. The first-order valence-corrected chi connectivity index (χ1v) is 8.14. The molecule has 1 aromatic rings. The van der Waals surface area contributed by atoms with Gasteiger partial charge < -0.3 is 4.74 Å². The maximum Gasteiger partial charge on any atom is 0.240 e. The van der Waals surface area contributed by atoms with Crippen molar-refractivity contribution in [3.8, 4) is 0 Å². The van der Waals surface area contributed by atoms with Gasteiger partial charge in [-0.15, -0.1) is 0 Å². The summed E-state index contributed by atoms with van der Waals surface area (Å²) in [6.45, 7) is 4.76.